The summed E-state index contributed by atoms with van der Waals surface area (Å²) in [6, 6.07) is 15.7. The van der Waals surface area contributed by atoms with Gasteiger partial charge in [0.15, 0.2) is 0 Å². The molecule has 146 valence electrons. The van der Waals surface area contributed by atoms with Crippen LogP contribution >= 0.6 is 11.8 Å². The molecule has 4 nitrogen and oxygen atoms in total. The quantitative estimate of drug-likeness (QED) is 0.669. The van der Waals surface area contributed by atoms with Gasteiger partial charge in [0.25, 0.3) is 0 Å². The van der Waals surface area contributed by atoms with Crippen LogP contribution in [0.2, 0.25) is 0 Å². The molecule has 2 atom stereocenters. The summed E-state index contributed by atoms with van der Waals surface area (Å²) in [4.78, 5) is 12.9. The maximum atomic E-state index is 12.9. The van der Waals surface area contributed by atoms with Crippen LogP contribution in [0.1, 0.15) is 37.9 Å². The van der Waals surface area contributed by atoms with E-state index in [1.54, 1.807) is 26.0 Å². The van der Waals surface area contributed by atoms with Gasteiger partial charge in [-0.3, -0.25) is 4.79 Å². The minimum absolute atomic E-state index is 0.0447. The molecule has 0 heterocycles. The molecule has 0 aromatic heterocycles. The number of hydrogen-bond acceptors (Lipinski definition) is 4. The normalized spacial score (nSPS) is 13.1. The van der Waals surface area contributed by atoms with Crippen LogP contribution in [0, 0.1) is 5.92 Å². The zero-order valence-corrected chi connectivity index (χ0v) is 17.5. The van der Waals surface area contributed by atoms with Crippen molar-refractivity contribution in [2.75, 3.05) is 14.2 Å². The topological polar surface area (TPSA) is 47.6 Å². The number of nitrogens with one attached hydrogen (secondary N) is 1. The molecule has 0 radical (unpaired) electrons. The highest BCUT2D eigenvalue weighted by molar-refractivity contribution is 7.99. The zero-order valence-electron chi connectivity index (χ0n) is 16.7. The molecule has 0 saturated heterocycles. The van der Waals surface area contributed by atoms with E-state index in [1.807, 2.05) is 43.3 Å². The molecule has 0 fully saturated rings. The first-order valence-corrected chi connectivity index (χ1v) is 10.2. The van der Waals surface area contributed by atoms with Crippen LogP contribution < -0.4 is 14.8 Å². The smallest absolute Gasteiger partial charge is 0.233 e. The molecule has 0 spiro atoms. The SMILES string of the molecule is COc1ccc(OC)c(C(C)NC(=O)C(SCc2ccccc2)C(C)C)c1. The van der Waals surface area contributed by atoms with Crippen LogP contribution in [-0.2, 0) is 10.5 Å². The van der Waals surface area contributed by atoms with Gasteiger partial charge in [-0.15, -0.1) is 11.8 Å². The van der Waals surface area contributed by atoms with E-state index in [0.29, 0.717) is 0 Å². The van der Waals surface area contributed by atoms with E-state index in [0.717, 1.165) is 22.8 Å². The number of benzene rings is 2. The fourth-order valence-corrected chi connectivity index (χ4v) is 4.05. The number of carbonyl (C=O) groups is 1. The summed E-state index contributed by atoms with van der Waals surface area (Å²) < 4.78 is 10.8. The monoisotopic (exact) mass is 387 g/mol. The Kier molecular flexibility index (Phi) is 8.04. The number of ether oxygens (including phenoxy) is 2. The van der Waals surface area contributed by atoms with Gasteiger partial charge < -0.3 is 14.8 Å². The van der Waals surface area contributed by atoms with E-state index in [1.165, 1.54) is 5.56 Å². The highest BCUT2D eigenvalue weighted by Crippen LogP contribution is 2.30. The van der Waals surface area contributed by atoms with Gasteiger partial charge in [0.05, 0.1) is 25.5 Å². The van der Waals surface area contributed by atoms with Crippen molar-refractivity contribution in [1.29, 1.82) is 0 Å². The van der Waals surface area contributed by atoms with E-state index >= 15 is 0 Å². The second kappa shape index (κ2) is 10.3. The number of methoxy groups -OCH3 is 2. The van der Waals surface area contributed by atoms with E-state index in [9.17, 15) is 4.79 Å². The molecule has 2 unspecified atom stereocenters. The van der Waals surface area contributed by atoms with Gasteiger partial charge in [0.2, 0.25) is 5.91 Å². The van der Waals surface area contributed by atoms with Crippen molar-refractivity contribution >= 4 is 17.7 Å². The molecule has 0 bridgehead atoms. The van der Waals surface area contributed by atoms with Crippen molar-refractivity contribution in [2.24, 2.45) is 5.92 Å². The van der Waals surface area contributed by atoms with Crippen molar-refractivity contribution in [3.8, 4) is 11.5 Å². The Balaban J connectivity index is 2.08. The van der Waals surface area contributed by atoms with E-state index in [2.05, 4.69) is 31.3 Å². The molecule has 0 aliphatic carbocycles. The first-order valence-electron chi connectivity index (χ1n) is 9.14. The Morgan fingerprint density at radius 3 is 2.33 bits per heavy atom. The van der Waals surface area contributed by atoms with E-state index in [4.69, 9.17) is 9.47 Å². The first-order chi connectivity index (χ1) is 13.0. The summed E-state index contributed by atoms with van der Waals surface area (Å²) in [5, 5.41) is 3.02. The van der Waals surface area contributed by atoms with Crippen molar-refractivity contribution in [2.45, 2.75) is 37.8 Å². The predicted octanol–water partition coefficient (Wildman–Crippen LogP) is 4.84. The third-order valence-corrected chi connectivity index (χ3v) is 6.02. The lowest BCUT2D eigenvalue weighted by Crippen LogP contribution is -2.37. The minimum Gasteiger partial charge on any atom is -0.497 e. The minimum atomic E-state index is -0.180. The molecule has 2 aromatic carbocycles. The molecule has 0 aliphatic rings. The summed E-state index contributed by atoms with van der Waals surface area (Å²) in [5.41, 5.74) is 2.13. The fourth-order valence-electron chi connectivity index (χ4n) is 2.88. The van der Waals surface area contributed by atoms with Crippen molar-refractivity contribution in [1.82, 2.24) is 5.32 Å². The van der Waals surface area contributed by atoms with Gasteiger partial charge in [0.1, 0.15) is 11.5 Å². The lowest BCUT2D eigenvalue weighted by molar-refractivity contribution is -0.121. The van der Waals surface area contributed by atoms with E-state index in [-0.39, 0.29) is 23.1 Å². The largest absolute Gasteiger partial charge is 0.497 e. The van der Waals surface area contributed by atoms with Crippen molar-refractivity contribution < 1.29 is 14.3 Å². The van der Waals surface area contributed by atoms with Gasteiger partial charge in [-0.25, -0.2) is 0 Å². The summed E-state index contributed by atoms with van der Waals surface area (Å²) in [7, 11) is 3.26. The Bertz CT molecular complexity index is 734. The molecule has 2 rings (SSSR count). The van der Waals surface area contributed by atoms with Crippen molar-refractivity contribution in [3.63, 3.8) is 0 Å². The third-order valence-electron chi connectivity index (χ3n) is 4.40. The Hall–Kier alpha value is -2.14. The van der Waals surface area contributed by atoms with Crippen LogP contribution in [0.15, 0.2) is 48.5 Å². The van der Waals surface area contributed by atoms with Gasteiger partial charge in [-0.05, 0) is 36.6 Å². The van der Waals surface area contributed by atoms with Crippen LogP contribution in [0.3, 0.4) is 0 Å². The highest BCUT2D eigenvalue weighted by atomic mass is 32.2. The molecule has 0 saturated carbocycles. The maximum Gasteiger partial charge on any atom is 0.233 e. The Morgan fingerprint density at radius 2 is 1.74 bits per heavy atom. The molecule has 2 aromatic rings. The molecule has 0 aliphatic heterocycles. The Morgan fingerprint density at radius 1 is 1.04 bits per heavy atom. The second-order valence-corrected chi connectivity index (χ2v) is 7.93. The van der Waals surface area contributed by atoms with Gasteiger partial charge in [-0.1, -0.05) is 44.2 Å². The van der Waals surface area contributed by atoms with Crippen LogP contribution in [0.5, 0.6) is 11.5 Å². The predicted molar refractivity (Wildman–Crippen MR) is 112 cm³/mol. The molecular formula is C22H29NO3S. The lowest BCUT2D eigenvalue weighted by atomic mass is 10.0. The van der Waals surface area contributed by atoms with E-state index < -0.39 is 0 Å². The standard InChI is InChI=1S/C22H29NO3S/c1-15(2)21(27-14-17-9-7-6-8-10-17)22(24)23-16(3)19-13-18(25-4)11-12-20(19)26-5/h6-13,15-16,21H,14H2,1-5H3,(H,23,24). The molecular weight excluding hydrogens is 358 g/mol. The number of rotatable bonds is 9. The summed E-state index contributed by atoms with van der Waals surface area (Å²) in [5.74, 6) is 2.57. The van der Waals surface area contributed by atoms with Gasteiger partial charge in [-0.2, -0.15) is 0 Å². The number of amides is 1. The van der Waals surface area contributed by atoms with Gasteiger partial charge in [0, 0.05) is 11.3 Å². The number of hydrogen-bond donors (Lipinski definition) is 1. The highest BCUT2D eigenvalue weighted by Gasteiger charge is 2.25. The number of carbonyl (C=O) groups excluding carboxylic acids is 1. The van der Waals surface area contributed by atoms with Crippen LogP contribution in [-0.4, -0.2) is 25.4 Å². The molecule has 1 N–H and O–H groups in total. The van der Waals surface area contributed by atoms with Crippen LogP contribution in [0.25, 0.3) is 0 Å². The zero-order chi connectivity index (χ0) is 19.8. The van der Waals surface area contributed by atoms with Crippen molar-refractivity contribution in [3.05, 3.63) is 59.7 Å². The second-order valence-electron chi connectivity index (χ2n) is 6.80. The van der Waals surface area contributed by atoms with Gasteiger partial charge >= 0.3 is 0 Å². The average Bonchev–Trinajstić information content (AvgIpc) is 2.68. The molecule has 1 amide bonds. The average molecular weight is 388 g/mol. The molecule has 27 heavy (non-hydrogen) atoms. The lowest BCUT2D eigenvalue weighted by Gasteiger charge is -2.24. The number of thioether (sulfide) groups is 1. The summed E-state index contributed by atoms with van der Waals surface area (Å²) in [6.07, 6.45) is 0. The maximum absolute atomic E-state index is 12.9. The Labute approximate surface area is 166 Å². The van der Waals surface area contributed by atoms with Crippen LogP contribution in [0.4, 0.5) is 0 Å². The first kappa shape index (κ1) is 21.2. The summed E-state index contributed by atoms with van der Waals surface area (Å²) in [6.45, 7) is 6.13. The molecule has 5 heteroatoms. The third kappa shape index (κ3) is 5.93. The fraction of sp³-hybridized carbons (Fsp3) is 0.409. The summed E-state index contributed by atoms with van der Waals surface area (Å²) >= 11 is 1.68.